The Morgan fingerprint density at radius 3 is 2.47 bits per heavy atom. The largest absolute Gasteiger partial charge is 0.446 e. The number of hydrogen-bond acceptors (Lipinski definition) is 4. The number of amidine groups is 1. The Kier molecular flexibility index (Phi) is 6.51. The van der Waals surface area contributed by atoms with Crippen LogP contribution < -0.4 is 5.73 Å². The zero-order valence-corrected chi connectivity index (χ0v) is 10.0. The fourth-order valence-electron chi connectivity index (χ4n) is 1.51. The molecule has 1 heterocycles. The summed E-state index contributed by atoms with van der Waals surface area (Å²) in [6.07, 6.45) is 0.669. The van der Waals surface area contributed by atoms with E-state index in [1.807, 2.05) is 4.90 Å². The molecule has 5 nitrogen and oxygen atoms in total. The molecule has 0 bridgehead atoms. The summed E-state index contributed by atoms with van der Waals surface area (Å²) in [5.74, 6) is 0.965. The number of carbonyl (C=O) groups excluding carboxylic acids is 1. The average Bonchev–Trinajstić information content (AvgIpc) is 2.17. The zero-order chi connectivity index (χ0) is 10.6. The summed E-state index contributed by atoms with van der Waals surface area (Å²) in [5.41, 5.74) is 4.91. The zero-order valence-electron chi connectivity index (χ0n) is 8.31. The van der Waals surface area contributed by atoms with Crippen LogP contribution in [0.1, 0.15) is 12.8 Å². The number of amides is 1. The van der Waals surface area contributed by atoms with Gasteiger partial charge in [0.1, 0.15) is 11.9 Å². The summed E-state index contributed by atoms with van der Waals surface area (Å²) in [7, 11) is 0. The Morgan fingerprint density at radius 2 is 2.07 bits per heavy atom. The Labute approximate surface area is 101 Å². The molecule has 1 aliphatic rings. The minimum atomic E-state index is -0.715. The molecule has 0 radical (unpaired) electrons. The molecular formula is C8H16ClN3O2S. The number of piperidine rings is 1. The van der Waals surface area contributed by atoms with Crippen molar-refractivity contribution in [3.63, 3.8) is 0 Å². The summed E-state index contributed by atoms with van der Waals surface area (Å²) in [5, 5.41) is 7.56. The molecule has 0 spiro atoms. The first-order valence-electron chi connectivity index (χ1n) is 4.52. The number of primary amides is 1. The van der Waals surface area contributed by atoms with E-state index in [1.54, 1.807) is 0 Å². The molecule has 1 aliphatic heterocycles. The van der Waals surface area contributed by atoms with Gasteiger partial charge in [-0.25, -0.2) is 4.79 Å². The van der Waals surface area contributed by atoms with Crippen molar-refractivity contribution in [2.24, 2.45) is 5.73 Å². The average molecular weight is 254 g/mol. The molecule has 0 aromatic heterocycles. The van der Waals surface area contributed by atoms with Gasteiger partial charge in [-0.05, 0) is 0 Å². The third kappa shape index (κ3) is 4.61. The summed E-state index contributed by atoms with van der Waals surface area (Å²) < 4.78 is 4.88. The van der Waals surface area contributed by atoms with Crippen LogP contribution >= 0.6 is 25.0 Å². The van der Waals surface area contributed by atoms with E-state index in [1.165, 1.54) is 0 Å². The van der Waals surface area contributed by atoms with E-state index < -0.39 is 6.09 Å². The molecule has 7 heteroatoms. The number of halogens is 1. The van der Waals surface area contributed by atoms with Gasteiger partial charge in [0.05, 0.1) is 0 Å². The summed E-state index contributed by atoms with van der Waals surface area (Å²) in [6, 6.07) is 0. The number of thiol groups is 1. The highest BCUT2D eigenvalue weighted by Gasteiger charge is 2.22. The normalized spacial score (nSPS) is 16.7. The quantitative estimate of drug-likeness (QED) is 0.388. The number of hydrogen-bond donors (Lipinski definition) is 3. The van der Waals surface area contributed by atoms with Gasteiger partial charge in [-0.3, -0.25) is 5.41 Å². The van der Waals surface area contributed by atoms with Gasteiger partial charge < -0.3 is 15.4 Å². The lowest BCUT2D eigenvalue weighted by Crippen LogP contribution is -2.42. The van der Waals surface area contributed by atoms with Crippen molar-refractivity contribution in [2.45, 2.75) is 18.9 Å². The first-order chi connectivity index (χ1) is 6.63. The van der Waals surface area contributed by atoms with Crippen molar-refractivity contribution in [1.29, 1.82) is 5.41 Å². The number of carbonyl (C=O) groups is 1. The molecule has 0 aromatic rings. The van der Waals surface area contributed by atoms with E-state index in [-0.39, 0.29) is 18.5 Å². The summed E-state index contributed by atoms with van der Waals surface area (Å²) in [4.78, 5) is 12.4. The van der Waals surface area contributed by atoms with Crippen LogP contribution in [0.5, 0.6) is 0 Å². The summed E-state index contributed by atoms with van der Waals surface area (Å²) >= 11 is 4.03. The van der Waals surface area contributed by atoms with Crippen LogP contribution in [0.25, 0.3) is 0 Å². The molecule has 1 saturated heterocycles. The standard InChI is InChI=1S/C8H15N3O2S.ClH/c9-7(5-14)11-3-1-6(2-4-11)13-8(10)12;/h6,9,14H,1-5H2,(H2,10,12);1H. The first kappa shape index (κ1) is 14.4. The fraction of sp³-hybridized carbons (Fsp3) is 0.750. The molecule has 0 unspecified atom stereocenters. The maximum atomic E-state index is 10.5. The van der Waals surface area contributed by atoms with Gasteiger partial charge in [0, 0.05) is 31.7 Å². The first-order valence-corrected chi connectivity index (χ1v) is 5.16. The molecule has 3 N–H and O–H groups in total. The Hall–Kier alpha value is -0.620. The van der Waals surface area contributed by atoms with Crippen molar-refractivity contribution in [3.05, 3.63) is 0 Å². The second-order valence-electron chi connectivity index (χ2n) is 3.23. The van der Waals surface area contributed by atoms with Gasteiger partial charge in [0.15, 0.2) is 0 Å². The molecule has 88 valence electrons. The van der Waals surface area contributed by atoms with Crippen LogP contribution in [0, 0.1) is 5.41 Å². The van der Waals surface area contributed by atoms with Gasteiger partial charge in [0.2, 0.25) is 0 Å². The fourth-order valence-corrected chi connectivity index (χ4v) is 1.71. The van der Waals surface area contributed by atoms with Gasteiger partial charge in [-0.2, -0.15) is 12.6 Å². The minimum Gasteiger partial charge on any atom is -0.446 e. The van der Waals surface area contributed by atoms with Crippen LogP contribution in [0.2, 0.25) is 0 Å². The van der Waals surface area contributed by atoms with E-state index in [4.69, 9.17) is 15.9 Å². The second kappa shape index (κ2) is 6.79. The van der Waals surface area contributed by atoms with Crippen molar-refractivity contribution in [2.75, 3.05) is 18.8 Å². The molecule has 0 aromatic carbocycles. The third-order valence-corrected chi connectivity index (χ3v) is 2.56. The Balaban J connectivity index is 0.00000196. The van der Waals surface area contributed by atoms with Gasteiger partial charge in [-0.15, -0.1) is 12.4 Å². The van der Waals surface area contributed by atoms with Gasteiger partial charge in [-0.1, -0.05) is 0 Å². The van der Waals surface area contributed by atoms with E-state index in [0.29, 0.717) is 11.6 Å². The maximum absolute atomic E-state index is 10.5. The van der Waals surface area contributed by atoms with Crippen molar-refractivity contribution in [1.82, 2.24) is 4.90 Å². The Bertz CT molecular complexity index is 232. The maximum Gasteiger partial charge on any atom is 0.404 e. The lowest BCUT2D eigenvalue weighted by Gasteiger charge is -2.32. The second-order valence-corrected chi connectivity index (χ2v) is 3.54. The monoisotopic (exact) mass is 253 g/mol. The van der Waals surface area contributed by atoms with E-state index in [9.17, 15) is 4.79 Å². The predicted octanol–water partition coefficient (Wildman–Crippen LogP) is 0.875. The van der Waals surface area contributed by atoms with Crippen molar-refractivity contribution >= 4 is 37.0 Å². The minimum absolute atomic E-state index is 0. The number of rotatable bonds is 2. The van der Waals surface area contributed by atoms with Crippen LogP contribution in [-0.2, 0) is 4.74 Å². The number of nitrogens with zero attached hydrogens (tertiary/aromatic N) is 1. The highest BCUT2D eigenvalue weighted by Crippen LogP contribution is 2.13. The molecule has 15 heavy (non-hydrogen) atoms. The van der Waals surface area contributed by atoms with Crippen molar-refractivity contribution in [3.8, 4) is 0 Å². The van der Waals surface area contributed by atoms with E-state index in [0.717, 1.165) is 25.9 Å². The van der Waals surface area contributed by atoms with Crippen LogP contribution in [-0.4, -0.2) is 41.8 Å². The smallest absolute Gasteiger partial charge is 0.404 e. The highest BCUT2D eigenvalue weighted by atomic mass is 35.5. The summed E-state index contributed by atoms with van der Waals surface area (Å²) in [6.45, 7) is 1.47. The Morgan fingerprint density at radius 1 is 1.53 bits per heavy atom. The number of nitrogens with one attached hydrogen (secondary N) is 1. The molecule has 0 saturated carbocycles. The van der Waals surface area contributed by atoms with Gasteiger partial charge in [0.25, 0.3) is 0 Å². The van der Waals surface area contributed by atoms with Crippen LogP contribution in [0.4, 0.5) is 4.79 Å². The molecule has 0 aliphatic carbocycles. The van der Waals surface area contributed by atoms with Gasteiger partial charge >= 0.3 is 6.09 Å². The number of ether oxygens (including phenoxy) is 1. The number of nitrogens with two attached hydrogens (primary N) is 1. The third-order valence-electron chi connectivity index (χ3n) is 2.26. The lowest BCUT2D eigenvalue weighted by molar-refractivity contribution is 0.0716. The topological polar surface area (TPSA) is 79.4 Å². The highest BCUT2D eigenvalue weighted by molar-refractivity contribution is 7.81. The van der Waals surface area contributed by atoms with Crippen LogP contribution in [0.15, 0.2) is 0 Å². The molecule has 1 fully saturated rings. The predicted molar refractivity (Wildman–Crippen MR) is 64.1 cm³/mol. The molecular weight excluding hydrogens is 238 g/mol. The number of likely N-dealkylation sites (tertiary alicyclic amines) is 1. The molecule has 1 amide bonds. The van der Waals surface area contributed by atoms with E-state index in [2.05, 4.69) is 12.6 Å². The van der Waals surface area contributed by atoms with E-state index >= 15 is 0 Å². The lowest BCUT2D eigenvalue weighted by atomic mass is 10.1. The SMILES string of the molecule is Cl.N=C(CS)N1CCC(OC(N)=O)CC1. The van der Waals surface area contributed by atoms with Crippen molar-refractivity contribution < 1.29 is 9.53 Å². The molecule has 0 atom stereocenters. The molecule has 1 rings (SSSR count). The van der Waals surface area contributed by atoms with Crippen LogP contribution in [0.3, 0.4) is 0 Å².